The fourth-order valence-corrected chi connectivity index (χ4v) is 3.02. The molecule has 1 fully saturated rings. The zero-order chi connectivity index (χ0) is 15.3. The summed E-state index contributed by atoms with van der Waals surface area (Å²) in [6.45, 7) is 5.39. The number of amides is 1. The number of hydrogen-bond acceptors (Lipinski definition) is 3. The first-order valence-electron chi connectivity index (χ1n) is 7.77. The Kier molecular flexibility index (Phi) is 5.23. The third-order valence-corrected chi connectivity index (χ3v) is 4.33. The highest BCUT2D eigenvalue weighted by Crippen LogP contribution is 2.41. The Morgan fingerprint density at radius 2 is 2.05 bits per heavy atom. The maximum atomic E-state index is 12.5. The quantitative estimate of drug-likeness (QED) is 0.875. The van der Waals surface area contributed by atoms with Crippen LogP contribution in [0.1, 0.15) is 39.5 Å². The van der Waals surface area contributed by atoms with E-state index in [1.165, 1.54) is 6.42 Å². The lowest BCUT2D eigenvalue weighted by Crippen LogP contribution is -2.37. The third kappa shape index (κ3) is 4.21. The number of carbonyl (C=O) groups is 1. The summed E-state index contributed by atoms with van der Waals surface area (Å²) in [6.07, 6.45) is 4.48. The van der Waals surface area contributed by atoms with Crippen molar-refractivity contribution in [2.45, 2.75) is 39.5 Å². The van der Waals surface area contributed by atoms with Crippen LogP contribution in [0, 0.1) is 11.3 Å². The van der Waals surface area contributed by atoms with Crippen molar-refractivity contribution in [3.8, 4) is 5.75 Å². The molecule has 4 heteroatoms. The number of benzene rings is 1. The fraction of sp³-hybridized carbons (Fsp3) is 0.588. The predicted molar refractivity (Wildman–Crippen MR) is 85.4 cm³/mol. The van der Waals surface area contributed by atoms with Gasteiger partial charge in [-0.3, -0.25) is 4.79 Å². The number of ether oxygens (including phenoxy) is 1. The van der Waals surface area contributed by atoms with Crippen molar-refractivity contribution in [1.82, 2.24) is 0 Å². The lowest BCUT2D eigenvalue weighted by atomic mass is 9.68. The van der Waals surface area contributed by atoms with E-state index in [0.29, 0.717) is 13.2 Å². The average Bonchev–Trinajstić information content (AvgIpc) is 2.46. The molecular formula is C17H26N2O2. The van der Waals surface area contributed by atoms with Gasteiger partial charge < -0.3 is 15.8 Å². The fourth-order valence-electron chi connectivity index (χ4n) is 3.02. The molecule has 1 aromatic carbocycles. The van der Waals surface area contributed by atoms with Crippen LogP contribution in [0.3, 0.4) is 0 Å². The van der Waals surface area contributed by atoms with Crippen LogP contribution in [0.5, 0.6) is 5.75 Å². The molecule has 1 unspecified atom stereocenters. The lowest BCUT2D eigenvalue weighted by Gasteiger charge is -2.37. The van der Waals surface area contributed by atoms with E-state index in [1.807, 2.05) is 24.3 Å². The van der Waals surface area contributed by atoms with E-state index >= 15 is 0 Å². The van der Waals surface area contributed by atoms with E-state index in [0.717, 1.165) is 30.7 Å². The summed E-state index contributed by atoms with van der Waals surface area (Å²) in [4.78, 5) is 12.5. The number of nitrogens with one attached hydrogen (secondary N) is 1. The van der Waals surface area contributed by atoms with Gasteiger partial charge in [-0.15, -0.1) is 0 Å². The number of rotatable bonds is 5. The minimum atomic E-state index is 0.0898. The van der Waals surface area contributed by atoms with Crippen LogP contribution in [-0.4, -0.2) is 19.1 Å². The Hall–Kier alpha value is -1.55. The third-order valence-electron chi connectivity index (χ3n) is 4.33. The Morgan fingerprint density at radius 1 is 1.33 bits per heavy atom. The first-order chi connectivity index (χ1) is 10.0. The standard InChI is InChI=1S/C17H26N2O2/c1-17(2)10-4-3-5-15(17)16(20)19-13-6-8-14(9-7-13)21-12-11-18/h6-9,15H,3-5,10-12,18H2,1-2H3,(H,19,20). The molecule has 1 saturated carbocycles. The Balaban J connectivity index is 1.95. The van der Waals surface area contributed by atoms with Crippen molar-refractivity contribution in [2.75, 3.05) is 18.5 Å². The van der Waals surface area contributed by atoms with Crippen LogP contribution in [0.25, 0.3) is 0 Å². The molecule has 3 N–H and O–H groups in total. The first kappa shape index (κ1) is 15.8. The number of hydrogen-bond donors (Lipinski definition) is 2. The van der Waals surface area contributed by atoms with Crippen molar-refractivity contribution in [3.63, 3.8) is 0 Å². The van der Waals surface area contributed by atoms with Crippen LogP contribution in [0.4, 0.5) is 5.69 Å². The molecule has 21 heavy (non-hydrogen) atoms. The van der Waals surface area contributed by atoms with E-state index in [4.69, 9.17) is 10.5 Å². The highest BCUT2D eigenvalue weighted by atomic mass is 16.5. The van der Waals surface area contributed by atoms with Crippen LogP contribution in [-0.2, 0) is 4.79 Å². The van der Waals surface area contributed by atoms with Crippen LogP contribution in [0.2, 0.25) is 0 Å². The highest BCUT2D eigenvalue weighted by molar-refractivity contribution is 5.93. The molecule has 1 amide bonds. The molecular weight excluding hydrogens is 264 g/mol. The second kappa shape index (κ2) is 6.94. The van der Waals surface area contributed by atoms with Gasteiger partial charge in [0.25, 0.3) is 0 Å². The topological polar surface area (TPSA) is 64.3 Å². The van der Waals surface area contributed by atoms with E-state index in [9.17, 15) is 4.79 Å². The molecule has 1 aliphatic carbocycles. The van der Waals surface area contributed by atoms with Gasteiger partial charge in [-0.05, 0) is 42.5 Å². The lowest BCUT2D eigenvalue weighted by molar-refractivity contribution is -0.124. The van der Waals surface area contributed by atoms with Gasteiger partial charge in [-0.2, -0.15) is 0 Å². The predicted octanol–water partition coefficient (Wildman–Crippen LogP) is 3.18. The van der Waals surface area contributed by atoms with Gasteiger partial charge >= 0.3 is 0 Å². The van der Waals surface area contributed by atoms with Crippen molar-refractivity contribution in [2.24, 2.45) is 17.1 Å². The number of carbonyl (C=O) groups excluding carboxylic acids is 1. The maximum Gasteiger partial charge on any atom is 0.228 e. The largest absolute Gasteiger partial charge is 0.492 e. The van der Waals surface area contributed by atoms with Crippen LogP contribution >= 0.6 is 0 Å². The van der Waals surface area contributed by atoms with Gasteiger partial charge in [0.15, 0.2) is 0 Å². The van der Waals surface area contributed by atoms with Gasteiger partial charge in [0, 0.05) is 18.2 Å². The summed E-state index contributed by atoms with van der Waals surface area (Å²) in [5.74, 6) is 1.01. The van der Waals surface area contributed by atoms with Crippen LogP contribution < -0.4 is 15.8 Å². The molecule has 0 aromatic heterocycles. The summed E-state index contributed by atoms with van der Waals surface area (Å²) >= 11 is 0. The molecule has 1 aliphatic rings. The van der Waals surface area contributed by atoms with Gasteiger partial charge in [0.05, 0.1) is 0 Å². The second-order valence-electron chi connectivity index (χ2n) is 6.44. The maximum absolute atomic E-state index is 12.5. The van der Waals surface area contributed by atoms with Gasteiger partial charge in [-0.1, -0.05) is 26.7 Å². The second-order valence-corrected chi connectivity index (χ2v) is 6.44. The molecule has 0 bridgehead atoms. The number of nitrogens with two attached hydrogens (primary N) is 1. The molecule has 0 heterocycles. The SMILES string of the molecule is CC1(C)CCCCC1C(=O)Nc1ccc(OCCN)cc1. The molecule has 4 nitrogen and oxygen atoms in total. The minimum Gasteiger partial charge on any atom is -0.492 e. The molecule has 1 atom stereocenters. The molecule has 0 spiro atoms. The van der Waals surface area contributed by atoms with Crippen molar-refractivity contribution in [1.29, 1.82) is 0 Å². The summed E-state index contributed by atoms with van der Waals surface area (Å²) in [5.41, 5.74) is 6.31. The van der Waals surface area contributed by atoms with E-state index in [1.54, 1.807) is 0 Å². The average molecular weight is 290 g/mol. The molecule has 0 radical (unpaired) electrons. The summed E-state index contributed by atoms with van der Waals surface area (Å²) in [7, 11) is 0. The molecule has 116 valence electrons. The molecule has 0 aliphatic heterocycles. The molecule has 0 saturated heterocycles. The molecule has 1 aromatic rings. The zero-order valence-electron chi connectivity index (χ0n) is 13.0. The normalized spacial score (nSPS) is 20.8. The first-order valence-corrected chi connectivity index (χ1v) is 7.77. The Bertz CT molecular complexity index is 468. The number of anilines is 1. The van der Waals surface area contributed by atoms with E-state index in [-0.39, 0.29) is 17.2 Å². The van der Waals surface area contributed by atoms with Gasteiger partial charge in [0.2, 0.25) is 5.91 Å². The van der Waals surface area contributed by atoms with Crippen LogP contribution in [0.15, 0.2) is 24.3 Å². The van der Waals surface area contributed by atoms with Crippen molar-refractivity contribution >= 4 is 11.6 Å². The zero-order valence-corrected chi connectivity index (χ0v) is 13.0. The summed E-state index contributed by atoms with van der Waals surface area (Å²) < 4.78 is 5.43. The van der Waals surface area contributed by atoms with Gasteiger partial charge in [-0.25, -0.2) is 0 Å². The monoisotopic (exact) mass is 290 g/mol. The van der Waals surface area contributed by atoms with E-state index in [2.05, 4.69) is 19.2 Å². The van der Waals surface area contributed by atoms with E-state index < -0.39 is 0 Å². The molecule has 2 rings (SSSR count). The van der Waals surface area contributed by atoms with Gasteiger partial charge in [0.1, 0.15) is 12.4 Å². The smallest absolute Gasteiger partial charge is 0.228 e. The van der Waals surface area contributed by atoms with Crippen molar-refractivity contribution in [3.05, 3.63) is 24.3 Å². The Morgan fingerprint density at radius 3 is 2.67 bits per heavy atom. The summed E-state index contributed by atoms with van der Waals surface area (Å²) in [5, 5.41) is 3.03. The summed E-state index contributed by atoms with van der Waals surface area (Å²) in [6, 6.07) is 7.47. The highest BCUT2D eigenvalue weighted by Gasteiger charge is 2.37. The Labute approximate surface area is 127 Å². The minimum absolute atomic E-state index is 0.0898. The van der Waals surface area contributed by atoms with Crippen molar-refractivity contribution < 1.29 is 9.53 Å².